The van der Waals surface area contributed by atoms with Gasteiger partial charge in [0, 0.05) is 19.5 Å². The van der Waals surface area contributed by atoms with E-state index in [1.54, 1.807) is 0 Å². The first-order valence-electron chi connectivity index (χ1n) is 8.41. The summed E-state index contributed by atoms with van der Waals surface area (Å²) in [5, 5.41) is 7.47. The maximum absolute atomic E-state index is 13.6. The third-order valence-corrected chi connectivity index (χ3v) is 5.85. The van der Waals surface area contributed by atoms with Crippen molar-refractivity contribution in [1.29, 1.82) is 0 Å². The van der Waals surface area contributed by atoms with Crippen LogP contribution in [0.1, 0.15) is 34.8 Å². The fourth-order valence-corrected chi connectivity index (χ4v) is 4.27. The van der Waals surface area contributed by atoms with E-state index in [0.717, 1.165) is 24.4 Å². The molecule has 134 valence electrons. The fourth-order valence-electron chi connectivity index (χ4n) is 3.76. The zero-order chi connectivity index (χ0) is 17.9. The molecule has 0 aromatic heterocycles. The van der Waals surface area contributed by atoms with Crippen LogP contribution in [0.5, 0.6) is 0 Å². The predicted octanol–water partition coefficient (Wildman–Crippen LogP) is 4.33. The molecule has 7 heteroatoms. The quantitative estimate of drug-likeness (QED) is 0.773. The van der Waals surface area contributed by atoms with E-state index in [1.807, 2.05) is 0 Å². The molecular formula is C19H15Cl2FN2O2. The van der Waals surface area contributed by atoms with Crippen molar-refractivity contribution in [3.05, 3.63) is 68.4 Å². The van der Waals surface area contributed by atoms with Gasteiger partial charge in [-0.1, -0.05) is 40.5 Å². The van der Waals surface area contributed by atoms with E-state index in [2.05, 4.69) is 28.7 Å². The molecule has 0 radical (unpaired) electrons. The lowest BCUT2D eigenvalue weighted by atomic mass is 9.86. The molecule has 3 heterocycles. The summed E-state index contributed by atoms with van der Waals surface area (Å²) in [5.74, 6) is -0.616. The molecule has 0 aliphatic carbocycles. The maximum Gasteiger partial charge on any atom is 0.160 e. The molecule has 1 fully saturated rings. The van der Waals surface area contributed by atoms with Crippen LogP contribution in [0.25, 0.3) is 0 Å². The van der Waals surface area contributed by atoms with E-state index in [1.165, 1.54) is 23.3 Å². The standard InChI is InChI=1S/C19H15Cl2FN2O2/c20-14-4-11(5-15(21)18(14)22)17-6-16(24-26-17)10-1-2-13-12(3-10)7-25-19(13)8-23-9-19/h1-5,17,23H,6-9H2. The number of benzene rings is 2. The normalized spacial score (nSPS) is 22.7. The minimum atomic E-state index is -0.616. The second kappa shape index (κ2) is 5.92. The third kappa shape index (κ3) is 2.46. The number of rotatable bonds is 2. The number of fused-ring (bicyclic) bond motifs is 2. The van der Waals surface area contributed by atoms with Crippen LogP contribution in [0.4, 0.5) is 4.39 Å². The predicted molar refractivity (Wildman–Crippen MR) is 97.2 cm³/mol. The number of ether oxygens (including phenoxy) is 1. The van der Waals surface area contributed by atoms with Crippen LogP contribution in [0.3, 0.4) is 0 Å². The average Bonchev–Trinajstić information content (AvgIpc) is 3.23. The molecule has 2 aromatic carbocycles. The summed E-state index contributed by atoms with van der Waals surface area (Å²) in [6.45, 7) is 2.33. The highest BCUT2D eigenvalue weighted by Crippen LogP contribution is 2.41. The van der Waals surface area contributed by atoms with Crippen molar-refractivity contribution in [3.8, 4) is 0 Å². The smallest absolute Gasteiger partial charge is 0.160 e. The fraction of sp³-hybridized carbons (Fsp3) is 0.316. The summed E-state index contributed by atoms with van der Waals surface area (Å²) < 4.78 is 19.6. The Morgan fingerprint density at radius 2 is 1.92 bits per heavy atom. The van der Waals surface area contributed by atoms with Gasteiger partial charge in [0.25, 0.3) is 0 Å². The van der Waals surface area contributed by atoms with Crippen LogP contribution in [0.15, 0.2) is 35.5 Å². The molecule has 3 aliphatic rings. The molecule has 26 heavy (non-hydrogen) atoms. The summed E-state index contributed by atoms with van der Waals surface area (Å²) in [4.78, 5) is 5.56. The molecule has 0 saturated carbocycles. The first-order chi connectivity index (χ1) is 12.6. The number of halogens is 3. The van der Waals surface area contributed by atoms with Gasteiger partial charge in [0.15, 0.2) is 11.9 Å². The van der Waals surface area contributed by atoms with Gasteiger partial charge in [-0.25, -0.2) is 4.39 Å². The lowest BCUT2D eigenvalue weighted by Crippen LogP contribution is -2.56. The van der Waals surface area contributed by atoms with Crippen molar-refractivity contribution in [1.82, 2.24) is 5.32 Å². The van der Waals surface area contributed by atoms with Crippen LogP contribution >= 0.6 is 23.2 Å². The molecule has 1 saturated heterocycles. The molecule has 1 atom stereocenters. The Kier molecular flexibility index (Phi) is 3.76. The number of oxime groups is 1. The number of hydrogen-bond acceptors (Lipinski definition) is 4. The minimum absolute atomic E-state index is 0.0152. The van der Waals surface area contributed by atoms with Crippen molar-refractivity contribution in [2.24, 2.45) is 5.16 Å². The molecular weight excluding hydrogens is 378 g/mol. The SMILES string of the molecule is Fc1c(Cl)cc(C2CC(c3ccc4c(c3)COC43CNC3)=NO2)cc1Cl. The monoisotopic (exact) mass is 392 g/mol. The highest BCUT2D eigenvalue weighted by molar-refractivity contribution is 6.35. The summed E-state index contributed by atoms with van der Waals surface area (Å²) in [6, 6.07) is 9.38. The van der Waals surface area contributed by atoms with Crippen LogP contribution in [-0.4, -0.2) is 18.8 Å². The topological polar surface area (TPSA) is 42.8 Å². The second-order valence-corrected chi connectivity index (χ2v) is 7.71. The van der Waals surface area contributed by atoms with Crippen molar-refractivity contribution in [3.63, 3.8) is 0 Å². The van der Waals surface area contributed by atoms with Gasteiger partial charge in [-0.2, -0.15) is 0 Å². The third-order valence-electron chi connectivity index (χ3n) is 5.30. The van der Waals surface area contributed by atoms with Gasteiger partial charge in [0.05, 0.1) is 22.4 Å². The van der Waals surface area contributed by atoms with E-state index in [9.17, 15) is 4.39 Å². The lowest BCUT2D eigenvalue weighted by Gasteiger charge is -2.39. The Hall–Kier alpha value is -1.66. The van der Waals surface area contributed by atoms with Crippen LogP contribution < -0.4 is 5.32 Å². The van der Waals surface area contributed by atoms with E-state index < -0.39 is 5.82 Å². The maximum atomic E-state index is 13.6. The second-order valence-electron chi connectivity index (χ2n) is 6.89. The van der Waals surface area contributed by atoms with Crippen LogP contribution in [-0.2, 0) is 21.8 Å². The highest BCUT2D eigenvalue weighted by atomic mass is 35.5. The van der Waals surface area contributed by atoms with Crippen LogP contribution in [0, 0.1) is 5.82 Å². The summed E-state index contributed by atoms with van der Waals surface area (Å²) in [7, 11) is 0. The summed E-state index contributed by atoms with van der Waals surface area (Å²) >= 11 is 11.8. The molecule has 1 N–H and O–H groups in total. The summed E-state index contributed by atoms with van der Waals surface area (Å²) in [5.41, 5.74) is 4.88. The van der Waals surface area contributed by atoms with Gasteiger partial charge in [-0.15, -0.1) is 0 Å². The minimum Gasteiger partial charge on any atom is -0.387 e. The molecule has 0 bridgehead atoms. The Balaban J connectivity index is 1.38. The Labute approximate surface area is 159 Å². The van der Waals surface area contributed by atoms with E-state index in [4.69, 9.17) is 32.8 Å². The highest BCUT2D eigenvalue weighted by Gasteiger charge is 2.45. The van der Waals surface area contributed by atoms with Gasteiger partial charge in [-0.05, 0) is 40.5 Å². The van der Waals surface area contributed by atoms with Crippen molar-refractivity contribution in [2.45, 2.75) is 24.7 Å². The first-order valence-corrected chi connectivity index (χ1v) is 9.17. The number of hydrogen-bond donors (Lipinski definition) is 1. The average molecular weight is 393 g/mol. The zero-order valence-electron chi connectivity index (χ0n) is 13.7. The van der Waals surface area contributed by atoms with E-state index in [0.29, 0.717) is 18.6 Å². The van der Waals surface area contributed by atoms with Crippen molar-refractivity contribution < 1.29 is 14.0 Å². The van der Waals surface area contributed by atoms with Gasteiger partial charge < -0.3 is 14.9 Å². The first kappa shape index (κ1) is 16.5. The number of nitrogens with one attached hydrogen (secondary N) is 1. The van der Waals surface area contributed by atoms with Gasteiger partial charge in [0.2, 0.25) is 0 Å². The molecule has 3 aliphatic heterocycles. The molecule has 1 unspecified atom stereocenters. The Morgan fingerprint density at radius 3 is 2.62 bits per heavy atom. The number of nitrogens with zero attached hydrogens (tertiary/aromatic N) is 1. The zero-order valence-corrected chi connectivity index (χ0v) is 15.2. The molecule has 4 nitrogen and oxygen atoms in total. The Morgan fingerprint density at radius 1 is 1.15 bits per heavy atom. The molecule has 5 rings (SSSR count). The van der Waals surface area contributed by atoms with Gasteiger partial charge >= 0.3 is 0 Å². The van der Waals surface area contributed by atoms with Gasteiger partial charge in [-0.3, -0.25) is 0 Å². The largest absolute Gasteiger partial charge is 0.387 e. The van der Waals surface area contributed by atoms with Crippen molar-refractivity contribution in [2.75, 3.05) is 13.1 Å². The Bertz CT molecular complexity index is 920. The van der Waals surface area contributed by atoms with E-state index in [-0.39, 0.29) is 21.8 Å². The van der Waals surface area contributed by atoms with Crippen molar-refractivity contribution >= 4 is 28.9 Å². The molecule has 0 amide bonds. The molecule has 1 spiro atoms. The summed E-state index contributed by atoms with van der Waals surface area (Å²) in [6.07, 6.45) is 0.247. The molecule has 2 aromatic rings. The van der Waals surface area contributed by atoms with Gasteiger partial charge in [0.1, 0.15) is 5.60 Å². The van der Waals surface area contributed by atoms with Crippen LogP contribution in [0.2, 0.25) is 10.0 Å². The lowest BCUT2D eigenvalue weighted by molar-refractivity contribution is -0.0746. The van der Waals surface area contributed by atoms with E-state index >= 15 is 0 Å².